The molecule has 26 heavy (non-hydrogen) atoms. The van der Waals surface area contributed by atoms with Gasteiger partial charge in [0.05, 0.1) is 5.92 Å². The first-order valence-corrected chi connectivity index (χ1v) is 8.35. The number of rotatable bonds is 2. The van der Waals surface area contributed by atoms with Gasteiger partial charge in [0.2, 0.25) is 0 Å². The van der Waals surface area contributed by atoms with Crippen molar-refractivity contribution in [3.8, 4) is 5.75 Å². The van der Waals surface area contributed by atoms with Crippen molar-refractivity contribution in [1.29, 1.82) is 0 Å². The molecule has 5 nitrogen and oxygen atoms in total. The molecule has 0 unspecified atom stereocenters. The molecular weight excluding hydrogens is 342 g/mol. The zero-order valence-corrected chi connectivity index (χ0v) is 13.8. The van der Waals surface area contributed by atoms with Crippen LogP contribution in [-0.2, 0) is 0 Å². The third kappa shape index (κ3) is 2.89. The van der Waals surface area contributed by atoms with Crippen molar-refractivity contribution in [2.24, 2.45) is 0 Å². The summed E-state index contributed by atoms with van der Waals surface area (Å²) in [6, 6.07) is 8.72. The Morgan fingerprint density at radius 1 is 1.27 bits per heavy atom. The van der Waals surface area contributed by atoms with E-state index >= 15 is 0 Å². The SMILES string of the molecule is O=C(c1c(O)cc(F)cc1F)N1CCC[C@@H](c2nc3ccccc3o2)C1. The molecule has 1 aromatic heterocycles. The number of halogens is 2. The number of nitrogens with zero attached hydrogens (tertiary/aromatic N) is 2. The lowest BCUT2D eigenvalue weighted by atomic mass is 9.97. The maximum absolute atomic E-state index is 14.0. The van der Waals surface area contributed by atoms with Crippen LogP contribution >= 0.6 is 0 Å². The summed E-state index contributed by atoms with van der Waals surface area (Å²) in [6.45, 7) is 0.716. The summed E-state index contributed by atoms with van der Waals surface area (Å²) in [6.07, 6.45) is 1.48. The highest BCUT2D eigenvalue weighted by Crippen LogP contribution is 2.31. The van der Waals surface area contributed by atoms with Crippen LogP contribution < -0.4 is 0 Å². The standard InChI is InChI=1S/C19H16F2N2O3/c20-12-8-13(21)17(15(24)9-12)19(25)23-7-3-4-11(10-23)18-22-14-5-1-2-6-16(14)26-18/h1-2,5-6,8-9,11,24H,3-4,7,10H2/t11-/m1/s1. The Hall–Kier alpha value is -2.96. The molecule has 0 radical (unpaired) electrons. The lowest BCUT2D eigenvalue weighted by Crippen LogP contribution is -2.39. The Labute approximate surface area is 147 Å². The van der Waals surface area contributed by atoms with Crippen molar-refractivity contribution in [3.05, 3.63) is 59.5 Å². The molecule has 0 bridgehead atoms. The largest absolute Gasteiger partial charge is 0.507 e. The van der Waals surface area contributed by atoms with Gasteiger partial charge < -0.3 is 14.4 Å². The van der Waals surface area contributed by atoms with Gasteiger partial charge >= 0.3 is 0 Å². The van der Waals surface area contributed by atoms with Crippen LogP contribution in [0.2, 0.25) is 0 Å². The van der Waals surface area contributed by atoms with Crippen LogP contribution in [-0.4, -0.2) is 34.0 Å². The number of phenolic OH excluding ortho intramolecular Hbond substituents is 1. The maximum Gasteiger partial charge on any atom is 0.260 e. The van der Waals surface area contributed by atoms with Gasteiger partial charge in [0.25, 0.3) is 5.91 Å². The Kier molecular flexibility index (Phi) is 4.06. The van der Waals surface area contributed by atoms with E-state index in [1.54, 1.807) is 0 Å². The summed E-state index contributed by atoms with van der Waals surface area (Å²) in [5.74, 6) is -2.95. The van der Waals surface area contributed by atoms with Crippen molar-refractivity contribution < 1.29 is 23.1 Å². The van der Waals surface area contributed by atoms with E-state index in [2.05, 4.69) is 4.98 Å². The normalized spacial score (nSPS) is 17.6. The summed E-state index contributed by atoms with van der Waals surface area (Å²) >= 11 is 0. The third-order valence-electron chi connectivity index (χ3n) is 4.62. The number of amides is 1. The lowest BCUT2D eigenvalue weighted by molar-refractivity contribution is 0.0690. The second-order valence-electron chi connectivity index (χ2n) is 6.39. The number of para-hydroxylation sites is 2. The molecule has 2 aromatic carbocycles. The Morgan fingerprint density at radius 2 is 2.08 bits per heavy atom. The van der Waals surface area contributed by atoms with E-state index in [0.29, 0.717) is 37.1 Å². The molecule has 1 amide bonds. The molecular formula is C19H16F2N2O3. The zero-order chi connectivity index (χ0) is 18.3. The summed E-state index contributed by atoms with van der Waals surface area (Å²) < 4.78 is 32.9. The molecule has 1 aliphatic rings. The van der Waals surface area contributed by atoms with Crippen LogP contribution in [0.1, 0.15) is 35.0 Å². The molecule has 2 heterocycles. The third-order valence-corrected chi connectivity index (χ3v) is 4.62. The highest BCUT2D eigenvalue weighted by molar-refractivity contribution is 5.97. The van der Waals surface area contributed by atoms with E-state index in [1.165, 1.54) is 4.90 Å². The first-order valence-electron chi connectivity index (χ1n) is 8.35. The zero-order valence-electron chi connectivity index (χ0n) is 13.8. The van der Waals surface area contributed by atoms with Gasteiger partial charge in [0.1, 0.15) is 28.5 Å². The molecule has 1 N–H and O–H groups in total. The smallest absolute Gasteiger partial charge is 0.260 e. The van der Waals surface area contributed by atoms with Crippen LogP contribution in [0.4, 0.5) is 8.78 Å². The number of aromatic nitrogens is 1. The number of likely N-dealkylation sites (tertiary alicyclic amines) is 1. The Morgan fingerprint density at radius 3 is 2.85 bits per heavy atom. The van der Waals surface area contributed by atoms with E-state index in [1.807, 2.05) is 24.3 Å². The predicted octanol–water partition coefficient (Wildman–Crippen LogP) is 3.83. The van der Waals surface area contributed by atoms with Gasteiger partial charge in [0.15, 0.2) is 11.5 Å². The first-order chi connectivity index (χ1) is 12.5. The summed E-state index contributed by atoms with van der Waals surface area (Å²) in [4.78, 5) is 18.6. The number of carbonyl (C=O) groups is 1. The number of hydrogen-bond acceptors (Lipinski definition) is 4. The van der Waals surface area contributed by atoms with Crippen molar-refractivity contribution in [1.82, 2.24) is 9.88 Å². The summed E-state index contributed by atoms with van der Waals surface area (Å²) in [5, 5.41) is 9.79. The van der Waals surface area contributed by atoms with Crippen LogP contribution in [0.25, 0.3) is 11.1 Å². The average molecular weight is 358 g/mol. The molecule has 1 atom stereocenters. The van der Waals surface area contributed by atoms with Gasteiger partial charge in [0, 0.05) is 25.2 Å². The number of fused-ring (bicyclic) bond motifs is 1. The van der Waals surface area contributed by atoms with E-state index in [-0.39, 0.29) is 5.92 Å². The number of benzene rings is 2. The minimum absolute atomic E-state index is 0.120. The van der Waals surface area contributed by atoms with Crippen LogP contribution in [0.5, 0.6) is 5.75 Å². The average Bonchev–Trinajstić information content (AvgIpc) is 3.05. The highest BCUT2D eigenvalue weighted by Gasteiger charge is 2.31. The lowest BCUT2D eigenvalue weighted by Gasteiger charge is -2.31. The summed E-state index contributed by atoms with van der Waals surface area (Å²) in [7, 11) is 0. The van der Waals surface area contributed by atoms with Crippen molar-refractivity contribution in [2.45, 2.75) is 18.8 Å². The number of carbonyl (C=O) groups excluding carboxylic acids is 1. The molecule has 0 spiro atoms. The van der Waals surface area contributed by atoms with Crippen molar-refractivity contribution in [2.75, 3.05) is 13.1 Å². The van der Waals surface area contributed by atoms with Gasteiger partial charge in [-0.05, 0) is 25.0 Å². The summed E-state index contributed by atoms with van der Waals surface area (Å²) in [5.41, 5.74) is 0.908. The van der Waals surface area contributed by atoms with E-state index in [4.69, 9.17) is 4.42 Å². The van der Waals surface area contributed by atoms with Crippen LogP contribution in [0.15, 0.2) is 40.8 Å². The van der Waals surface area contributed by atoms with Crippen LogP contribution in [0.3, 0.4) is 0 Å². The molecule has 134 valence electrons. The molecule has 3 aromatic rings. The topological polar surface area (TPSA) is 66.6 Å². The first kappa shape index (κ1) is 16.5. The minimum Gasteiger partial charge on any atom is -0.507 e. The molecule has 7 heteroatoms. The van der Waals surface area contributed by atoms with Gasteiger partial charge in [-0.15, -0.1) is 0 Å². The highest BCUT2D eigenvalue weighted by atomic mass is 19.1. The molecule has 1 saturated heterocycles. The molecule has 0 aliphatic carbocycles. The number of piperidine rings is 1. The number of phenols is 1. The number of oxazole rings is 1. The predicted molar refractivity (Wildman–Crippen MR) is 89.9 cm³/mol. The van der Waals surface area contributed by atoms with Crippen LogP contribution in [0, 0.1) is 11.6 Å². The van der Waals surface area contributed by atoms with E-state index in [0.717, 1.165) is 18.0 Å². The quantitative estimate of drug-likeness (QED) is 0.756. The molecule has 0 saturated carbocycles. The number of hydrogen-bond donors (Lipinski definition) is 1. The Balaban J connectivity index is 1.59. The van der Waals surface area contributed by atoms with Crippen molar-refractivity contribution >= 4 is 17.0 Å². The fraction of sp³-hybridized carbons (Fsp3) is 0.263. The van der Waals surface area contributed by atoms with Crippen molar-refractivity contribution in [3.63, 3.8) is 0 Å². The van der Waals surface area contributed by atoms with Gasteiger partial charge in [-0.1, -0.05) is 12.1 Å². The molecule has 1 fully saturated rings. The maximum atomic E-state index is 14.0. The van der Waals surface area contributed by atoms with Gasteiger partial charge in [-0.25, -0.2) is 13.8 Å². The molecule has 1 aliphatic heterocycles. The van der Waals surface area contributed by atoms with E-state index < -0.39 is 28.9 Å². The fourth-order valence-corrected chi connectivity index (χ4v) is 3.36. The second kappa shape index (κ2) is 6.40. The van der Waals surface area contributed by atoms with Gasteiger partial charge in [-0.2, -0.15) is 0 Å². The minimum atomic E-state index is -1.07. The molecule has 4 rings (SSSR count). The van der Waals surface area contributed by atoms with E-state index in [9.17, 15) is 18.7 Å². The monoisotopic (exact) mass is 358 g/mol. The fourth-order valence-electron chi connectivity index (χ4n) is 3.36. The Bertz CT molecular complexity index is 930. The van der Waals surface area contributed by atoms with Gasteiger partial charge in [-0.3, -0.25) is 4.79 Å². The second-order valence-corrected chi connectivity index (χ2v) is 6.39. The number of aromatic hydroxyl groups is 1.